The summed E-state index contributed by atoms with van der Waals surface area (Å²) in [6.45, 7) is 0.784. The van der Waals surface area contributed by atoms with Gasteiger partial charge in [0.25, 0.3) is 0 Å². The summed E-state index contributed by atoms with van der Waals surface area (Å²) in [5, 5.41) is 17.0. The average Bonchev–Trinajstić information content (AvgIpc) is 2.69. The van der Waals surface area contributed by atoms with Gasteiger partial charge < -0.3 is 19.6 Å². The van der Waals surface area contributed by atoms with Gasteiger partial charge in [0.15, 0.2) is 5.71 Å². The first kappa shape index (κ1) is 19.2. The van der Waals surface area contributed by atoms with Crippen LogP contribution in [0.4, 0.5) is 0 Å². The van der Waals surface area contributed by atoms with Crippen molar-refractivity contribution in [2.75, 3.05) is 27.3 Å². The lowest BCUT2D eigenvalue weighted by Gasteiger charge is -2.10. The number of nitrogens with zero attached hydrogens (tertiary/aromatic N) is 2. The Kier molecular flexibility index (Phi) is 6.11. The van der Waals surface area contributed by atoms with Crippen molar-refractivity contribution in [2.45, 2.75) is 0 Å². The Hall–Kier alpha value is -3.54. The van der Waals surface area contributed by atoms with Gasteiger partial charge in [0, 0.05) is 19.7 Å². The Morgan fingerprint density at radius 1 is 0.893 bits per heavy atom. The van der Waals surface area contributed by atoms with E-state index in [1.54, 1.807) is 38.4 Å². The third kappa shape index (κ3) is 5.01. The van der Waals surface area contributed by atoms with Crippen LogP contribution < -0.4 is 9.47 Å². The van der Waals surface area contributed by atoms with Crippen molar-refractivity contribution in [1.29, 1.82) is 0 Å². The molecule has 0 unspecified atom stereocenters. The number of rotatable bonds is 8. The van der Waals surface area contributed by atoms with Crippen LogP contribution in [-0.2, 0) is 4.79 Å². The molecule has 0 aliphatic carbocycles. The number of fused-ring (bicyclic) bond motifs is 1. The lowest BCUT2D eigenvalue weighted by molar-refractivity contribution is -0.129. The van der Waals surface area contributed by atoms with Gasteiger partial charge in [-0.05, 0) is 47.2 Å². The number of aliphatic carboxylic acids is 1. The van der Waals surface area contributed by atoms with Gasteiger partial charge >= 0.3 is 5.97 Å². The normalized spacial score (nSPS) is 11.3. The van der Waals surface area contributed by atoms with Gasteiger partial charge in [-0.25, -0.2) is 4.79 Å². The minimum Gasteiger partial charge on any atom is -0.490 e. The largest absolute Gasteiger partial charge is 0.490 e. The minimum atomic E-state index is -1.08. The van der Waals surface area contributed by atoms with Gasteiger partial charge in [-0.1, -0.05) is 30.3 Å². The maximum absolute atomic E-state index is 11.3. The van der Waals surface area contributed by atoms with Crippen LogP contribution in [0.1, 0.15) is 5.56 Å². The van der Waals surface area contributed by atoms with Gasteiger partial charge in [-0.2, -0.15) is 5.10 Å². The molecule has 0 bridgehead atoms. The van der Waals surface area contributed by atoms with Crippen LogP contribution in [-0.4, -0.2) is 49.1 Å². The van der Waals surface area contributed by atoms with Crippen LogP contribution in [0.15, 0.2) is 71.8 Å². The quantitative estimate of drug-likeness (QED) is 0.368. The third-order valence-corrected chi connectivity index (χ3v) is 3.97. The van der Waals surface area contributed by atoms with Crippen LogP contribution >= 0.6 is 0 Å². The number of hydrogen-bond donors (Lipinski definition) is 1. The highest BCUT2D eigenvalue weighted by Crippen LogP contribution is 2.20. The third-order valence-electron chi connectivity index (χ3n) is 3.97. The van der Waals surface area contributed by atoms with Crippen molar-refractivity contribution in [1.82, 2.24) is 5.01 Å². The highest BCUT2D eigenvalue weighted by atomic mass is 16.5. The minimum absolute atomic E-state index is 0.0174. The summed E-state index contributed by atoms with van der Waals surface area (Å²) in [4.78, 5) is 11.3. The van der Waals surface area contributed by atoms with E-state index in [9.17, 15) is 9.90 Å². The Morgan fingerprint density at radius 3 is 2.14 bits per heavy atom. The summed E-state index contributed by atoms with van der Waals surface area (Å²) >= 11 is 0. The first-order valence-electron chi connectivity index (χ1n) is 8.87. The molecule has 3 aromatic rings. The molecule has 6 nitrogen and oxygen atoms in total. The van der Waals surface area contributed by atoms with Crippen molar-refractivity contribution < 1.29 is 19.4 Å². The summed E-state index contributed by atoms with van der Waals surface area (Å²) in [5.74, 6) is 0.357. The Bertz CT molecular complexity index is 981. The van der Waals surface area contributed by atoms with Crippen molar-refractivity contribution in [3.05, 3.63) is 72.3 Å². The summed E-state index contributed by atoms with van der Waals surface area (Å²) in [6.07, 6.45) is 0. The van der Waals surface area contributed by atoms with Crippen LogP contribution in [0, 0.1) is 0 Å². The first-order valence-corrected chi connectivity index (χ1v) is 8.87. The fourth-order valence-electron chi connectivity index (χ4n) is 2.71. The number of carboxylic acids is 1. The molecule has 0 amide bonds. The van der Waals surface area contributed by atoms with E-state index in [-0.39, 0.29) is 5.71 Å². The molecule has 0 aliphatic heterocycles. The zero-order valence-electron chi connectivity index (χ0n) is 15.8. The molecule has 0 spiro atoms. The highest BCUT2D eigenvalue weighted by Gasteiger charge is 2.13. The average molecular weight is 378 g/mol. The van der Waals surface area contributed by atoms with Crippen LogP contribution in [0.25, 0.3) is 10.8 Å². The van der Waals surface area contributed by atoms with E-state index in [0.29, 0.717) is 24.5 Å². The standard InChI is InChI=1S/C22H22N2O4/c1-24(2)23-21(22(25)26)17-8-10-19(11-9-17)27-13-14-28-20-12-7-16-5-3-4-6-18(16)15-20/h3-12,15H,13-14H2,1-2H3,(H,25,26)/b23-21+. The lowest BCUT2D eigenvalue weighted by Crippen LogP contribution is -2.19. The smallest absolute Gasteiger partial charge is 0.356 e. The second kappa shape index (κ2) is 8.90. The Balaban J connectivity index is 1.54. The molecule has 144 valence electrons. The van der Waals surface area contributed by atoms with E-state index in [4.69, 9.17) is 9.47 Å². The van der Waals surface area contributed by atoms with Crippen LogP contribution in [0.3, 0.4) is 0 Å². The second-order valence-electron chi connectivity index (χ2n) is 6.33. The fourth-order valence-corrected chi connectivity index (χ4v) is 2.71. The second-order valence-corrected chi connectivity index (χ2v) is 6.33. The highest BCUT2D eigenvalue weighted by molar-refractivity contribution is 6.42. The fraction of sp³-hybridized carbons (Fsp3) is 0.182. The van der Waals surface area contributed by atoms with E-state index in [1.165, 1.54) is 10.4 Å². The van der Waals surface area contributed by atoms with Gasteiger partial charge in [0.2, 0.25) is 0 Å². The number of benzene rings is 3. The summed E-state index contributed by atoms with van der Waals surface area (Å²) < 4.78 is 11.4. The monoisotopic (exact) mass is 378 g/mol. The molecule has 0 radical (unpaired) electrons. The summed E-state index contributed by atoms with van der Waals surface area (Å²) in [6, 6.07) is 20.9. The molecule has 3 rings (SSSR count). The molecule has 3 aromatic carbocycles. The molecule has 0 fully saturated rings. The van der Waals surface area contributed by atoms with E-state index in [1.807, 2.05) is 36.4 Å². The van der Waals surface area contributed by atoms with Crippen molar-refractivity contribution in [2.24, 2.45) is 5.10 Å². The SMILES string of the molecule is CN(C)/N=C(/C(=O)O)c1ccc(OCCOc2ccc3ccccc3c2)cc1. The number of carbonyl (C=O) groups is 1. The molecule has 6 heteroatoms. The first-order chi connectivity index (χ1) is 13.5. The molecular formula is C22H22N2O4. The van der Waals surface area contributed by atoms with Crippen LogP contribution in [0.2, 0.25) is 0 Å². The van der Waals surface area contributed by atoms with E-state index < -0.39 is 5.97 Å². The number of hydrazone groups is 1. The molecular weight excluding hydrogens is 356 g/mol. The lowest BCUT2D eigenvalue weighted by atomic mass is 10.1. The van der Waals surface area contributed by atoms with Crippen molar-refractivity contribution in [3.63, 3.8) is 0 Å². The summed E-state index contributed by atoms with van der Waals surface area (Å²) in [5.41, 5.74) is 0.497. The zero-order valence-corrected chi connectivity index (χ0v) is 15.8. The van der Waals surface area contributed by atoms with Gasteiger partial charge in [0.1, 0.15) is 24.7 Å². The van der Waals surface area contributed by atoms with Crippen LogP contribution in [0.5, 0.6) is 11.5 Å². The van der Waals surface area contributed by atoms with E-state index >= 15 is 0 Å². The van der Waals surface area contributed by atoms with Crippen molar-refractivity contribution in [3.8, 4) is 11.5 Å². The topological polar surface area (TPSA) is 71.4 Å². The van der Waals surface area contributed by atoms with E-state index in [2.05, 4.69) is 11.2 Å². The number of ether oxygens (including phenoxy) is 2. The predicted octanol–water partition coefficient (Wildman–Crippen LogP) is 3.65. The maximum atomic E-state index is 11.3. The summed E-state index contributed by atoms with van der Waals surface area (Å²) in [7, 11) is 3.35. The molecule has 28 heavy (non-hydrogen) atoms. The molecule has 1 N–H and O–H groups in total. The van der Waals surface area contributed by atoms with Gasteiger partial charge in [-0.15, -0.1) is 0 Å². The number of carboxylic acid groups (broad SMARTS) is 1. The van der Waals surface area contributed by atoms with Crippen molar-refractivity contribution >= 4 is 22.5 Å². The molecule has 0 heterocycles. The van der Waals surface area contributed by atoms with Gasteiger partial charge in [-0.3, -0.25) is 0 Å². The molecule has 0 saturated heterocycles. The zero-order chi connectivity index (χ0) is 19.9. The maximum Gasteiger partial charge on any atom is 0.356 e. The van der Waals surface area contributed by atoms with Gasteiger partial charge in [0.05, 0.1) is 0 Å². The Labute approximate surface area is 163 Å². The number of hydrogen-bond acceptors (Lipinski definition) is 5. The van der Waals surface area contributed by atoms with E-state index in [0.717, 1.165) is 11.1 Å². The molecule has 0 saturated carbocycles. The Morgan fingerprint density at radius 2 is 1.50 bits per heavy atom. The molecule has 0 atom stereocenters. The predicted molar refractivity (Wildman–Crippen MR) is 109 cm³/mol. The molecule has 0 aromatic heterocycles. The molecule has 0 aliphatic rings.